The summed E-state index contributed by atoms with van der Waals surface area (Å²) in [5, 5.41) is 6.63. The Kier molecular flexibility index (Phi) is 7.91. The number of methoxy groups -OCH3 is 1. The molecular formula is C19H22Cl2N3O3+. The molecule has 2 amide bonds. The number of rotatable bonds is 8. The van der Waals surface area contributed by atoms with Gasteiger partial charge in [-0.1, -0.05) is 35.3 Å². The van der Waals surface area contributed by atoms with Crippen LogP contribution in [0, 0.1) is 0 Å². The Bertz CT molecular complexity index is 815. The van der Waals surface area contributed by atoms with Crippen LogP contribution in [0.3, 0.4) is 0 Å². The largest absolute Gasteiger partial charge is 0.497 e. The maximum absolute atomic E-state index is 12.1. The fourth-order valence-corrected chi connectivity index (χ4v) is 2.91. The zero-order valence-electron chi connectivity index (χ0n) is 15.1. The minimum Gasteiger partial charge on any atom is -0.497 e. The number of hydrogen-bond acceptors (Lipinski definition) is 3. The molecule has 0 aromatic heterocycles. The molecule has 3 N–H and O–H groups in total. The van der Waals surface area contributed by atoms with Gasteiger partial charge < -0.3 is 20.3 Å². The van der Waals surface area contributed by atoms with Gasteiger partial charge in [0.15, 0.2) is 13.1 Å². The fraction of sp³-hybridized carbons (Fsp3) is 0.263. The second-order valence-electron chi connectivity index (χ2n) is 6.10. The van der Waals surface area contributed by atoms with E-state index in [4.69, 9.17) is 27.9 Å². The maximum Gasteiger partial charge on any atom is 0.279 e. The van der Waals surface area contributed by atoms with Gasteiger partial charge in [0.2, 0.25) is 0 Å². The van der Waals surface area contributed by atoms with E-state index in [2.05, 4.69) is 10.6 Å². The average Bonchev–Trinajstić information content (AvgIpc) is 2.60. The van der Waals surface area contributed by atoms with E-state index in [1.807, 2.05) is 0 Å². The Balaban J connectivity index is 1.77. The fourth-order valence-electron chi connectivity index (χ4n) is 2.44. The second-order valence-corrected chi connectivity index (χ2v) is 6.95. The van der Waals surface area contributed by atoms with Gasteiger partial charge in [0.25, 0.3) is 11.8 Å². The van der Waals surface area contributed by atoms with Crippen LogP contribution in [0.15, 0.2) is 42.5 Å². The maximum atomic E-state index is 12.1. The van der Waals surface area contributed by atoms with Crippen molar-refractivity contribution in [1.82, 2.24) is 5.32 Å². The van der Waals surface area contributed by atoms with Crippen molar-refractivity contribution in [3.63, 3.8) is 0 Å². The van der Waals surface area contributed by atoms with Crippen LogP contribution in [0.2, 0.25) is 10.0 Å². The average molecular weight is 411 g/mol. The van der Waals surface area contributed by atoms with Crippen molar-refractivity contribution < 1.29 is 19.2 Å². The van der Waals surface area contributed by atoms with Crippen LogP contribution < -0.4 is 20.3 Å². The number of carbonyl (C=O) groups excluding carboxylic acids is 2. The third-order valence-electron chi connectivity index (χ3n) is 3.77. The summed E-state index contributed by atoms with van der Waals surface area (Å²) in [6, 6.07) is 12.2. The standard InChI is InChI=1S/C19H21Cl2N3O3/c1-24(12-19(26)23-15-4-3-5-16(9-15)27-2)11-18(25)22-10-13-6-7-14(20)8-17(13)21/h3-9H,10-12H2,1-2H3,(H,22,25)(H,23,26)/p+1. The van der Waals surface area contributed by atoms with Crippen LogP contribution >= 0.6 is 23.2 Å². The molecule has 0 aliphatic carbocycles. The van der Waals surface area contributed by atoms with E-state index in [9.17, 15) is 9.59 Å². The molecule has 0 heterocycles. The van der Waals surface area contributed by atoms with E-state index in [0.29, 0.717) is 28.0 Å². The Morgan fingerprint density at radius 2 is 1.81 bits per heavy atom. The second kappa shape index (κ2) is 10.2. The van der Waals surface area contributed by atoms with Gasteiger partial charge in [0.05, 0.1) is 14.2 Å². The molecular weight excluding hydrogens is 389 g/mol. The quantitative estimate of drug-likeness (QED) is 0.620. The number of quaternary nitrogens is 1. The van der Waals surface area contributed by atoms with Crippen LogP contribution in [0.4, 0.5) is 5.69 Å². The lowest BCUT2D eigenvalue weighted by molar-refractivity contribution is -0.862. The van der Waals surface area contributed by atoms with Gasteiger partial charge in [0.1, 0.15) is 5.75 Å². The molecule has 0 saturated heterocycles. The highest BCUT2D eigenvalue weighted by Crippen LogP contribution is 2.20. The summed E-state index contributed by atoms with van der Waals surface area (Å²) in [5.41, 5.74) is 1.43. The van der Waals surface area contributed by atoms with Crippen LogP contribution in [0.25, 0.3) is 0 Å². The molecule has 8 heteroatoms. The number of anilines is 1. The van der Waals surface area contributed by atoms with E-state index >= 15 is 0 Å². The molecule has 2 rings (SSSR count). The van der Waals surface area contributed by atoms with Gasteiger partial charge >= 0.3 is 0 Å². The van der Waals surface area contributed by atoms with Gasteiger partial charge in [0, 0.05) is 28.3 Å². The molecule has 6 nitrogen and oxygen atoms in total. The number of ether oxygens (including phenoxy) is 1. The van der Waals surface area contributed by atoms with E-state index in [1.165, 1.54) is 0 Å². The molecule has 0 spiro atoms. The summed E-state index contributed by atoms with van der Waals surface area (Å²) in [6.07, 6.45) is 0. The van der Waals surface area contributed by atoms with Crippen LogP contribution in [-0.4, -0.2) is 39.1 Å². The van der Waals surface area contributed by atoms with Gasteiger partial charge in [-0.05, 0) is 29.8 Å². The zero-order valence-corrected chi connectivity index (χ0v) is 16.7. The number of amides is 2. The third-order valence-corrected chi connectivity index (χ3v) is 4.36. The smallest absolute Gasteiger partial charge is 0.279 e. The Morgan fingerprint density at radius 3 is 2.52 bits per heavy atom. The Morgan fingerprint density at radius 1 is 1.07 bits per heavy atom. The lowest BCUT2D eigenvalue weighted by Crippen LogP contribution is -3.11. The van der Waals surface area contributed by atoms with E-state index in [-0.39, 0.29) is 24.9 Å². The van der Waals surface area contributed by atoms with Crippen molar-refractivity contribution in [2.45, 2.75) is 6.54 Å². The molecule has 1 atom stereocenters. The first kappa shape index (κ1) is 21.0. The highest BCUT2D eigenvalue weighted by molar-refractivity contribution is 6.35. The summed E-state index contributed by atoms with van der Waals surface area (Å²) in [5.74, 6) is 0.302. The molecule has 0 fully saturated rings. The molecule has 0 aliphatic rings. The number of carbonyl (C=O) groups is 2. The Labute approximate surface area is 168 Å². The Hall–Kier alpha value is -2.28. The number of benzene rings is 2. The monoisotopic (exact) mass is 410 g/mol. The van der Waals surface area contributed by atoms with Crippen molar-refractivity contribution in [2.24, 2.45) is 0 Å². The van der Waals surface area contributed by atoms with Gasteiger partial charge in [-0.25, -0.2) is 0 Å². The number of hydrogen-bond donors (Lipinski definition) is 3. The summed E-state index contributed by atoms with van der Waals surface area (Å²) >= 11 is 11.9. The van der Waals surface area contributed by atoms with Crippen molar-refractivity contribution in [3.8, 4) is 5.75 Å². The van der Waals surface area contributed by atoms with Crippen LogP contribution in [-0.2, 0) is 16.1 Å². The van der Waals surface area contributed by atoms with E-state index < -0.39 is 0 Å². The van der Waals surface area contributed by atoms with Gasteiger partial charge in [-0.2, -0.15) is 0 Å². The number of likely N-dealkylation sites (N-methyl/N-ethyl adjacent to an activating group) is 1. The molecule has 1 unspecified atom stereocenters. The molecule has 2 aromatic carbocycles. The molecule has 27 heavy (non-hydrogen) atoms. The van der Waals surface area contributed by atoms with Crippen molar-refractivity contribution in [3.05, 3.63) is 58.1 Å². The van der Waals surface area contributed by atoms with Gasteiger partial charge in [-0.3, -0.25) is 9.59 Å². The first-order valence-corrected chi connectivity index (χ1v) is 9.09. The molecule has 0 aliphatic heterocycles. The van der Waals surface area contributed by atoms with Crippen LogP contribution in [0.5, 0.6) is 5.75 Å². The topological polar surface area (TPSA) is 71.9 Å². The predicted molar refractivity (Wildman–Crippen MR) is 107 cm³/mol. The molecule has 2 aromatic rings. The highest BCUT2D eigenvalue weighted by Gasteiger charge is 2.15. The normalized spacial score (nSPS) is 11.6. The van der Waals surface area contributed by atoms with Crippen molar-refractivity contribution in [1.29, 1.82) is 0 Å². The minimum absolute atomic E-state index is 0.159. The number of halogens is 2. The highest BCUT2D eigenvalue weighted by atomic mass is 35.5. The van der Waals surface area contributed by atoms with Crippen molar-refractivity contribution >= 4 is 40.7 Å². The first-order valence-electron chi connectivity index (χ1n) is 8.33. The van der Waals surface area contributed by atoms with Crippen LogP contribution in [0.1, 0.15) is 5.56 Å². The molecule has 0 saturated carbocycles. The summed E-state index contributed by atoms with van der Waals surface area (Å²) < 4.78 is 5.12. The van der Waals surface area contributed by atoms with E-state index in [1.54, 1.807) is 56.6 Å². The lowest BCUT2D eigenvalue weighted by atomic mass is 10.2. The molecule has 0 radical (unpaired) electrons. The van der Waals surface area contributed by atoms with Gasteiger partial charge in [-0.15, -0.1) is 0 Å². The summed E-state index contributed by atoms with van der Waals surface area (Å²) in [6.45, 7) is 0.626. The third kappa shape index (κ3) is 7.09. The van der Waals surface area contributed by atoms with E-state index in [0.717, 1.165) is 10.5 Å². The summed E-state index contributed by atoms with van der Waals surface area (Å²) in [7, 11) is 3.34. The first-order chi connectivity index (χ1) is 12.9. The molecule has 0 bridgehead atoms. The summed E-state index contributed by atoms with van der Waals surface area (Å²) in [4.78, 5) is 25.0. The molecule has 144 valence electrons. The predicted octanol–water partition coefficient (Wildman–Crippen LogP) is 1.77. The van der Waals surface area contributed by atoms with Crippen molar-refractivity contribution in [2.75, 3.05) is 32.6 Å². The number of nitrogens with one attached hydrogen (secondary N) is 3. The lowest BCUT2D eigenvalue weighted by Gasteiger charge is -2.14. The zero-order chi connectivity index (χ0) is 19.8. The minimum atomic E-state index is -0.186. The SMILES string of the molecule is COc1cccc(NC(=O)C[NH+](C)CC(=O)NCc2ccc(Cl)cc2Cl)c1.